The molecule has 1 heterocycles. The van der Waals surface area contributed by atoms with Crippen LogP contribution in [-0.4, -0.2) is 14.5 Å². The minimum Gasteiger partial charge on any atom is -0.493 e. The van der Waals surface area contributed by atoms with E-state index in [1.54, 1.807) is 6.20 Å². The smallest absolute Gasteiger partial charge is 0.323 e. The van der Waals surface area contributed by atoms with Crippen LogP contribution in [0.2, 0.25) is 0 Å². The first-order valence-corrected chi connectivity index (χ1v) is 7.58. The highest BCUT2D eigenvalue weighted by Gasteiger charge is 2.25. The van der Waals surface area contributed by atoms with Gasteiger partial charge in [-0.05, 0) is 13.0 Å². The highest BCUT2D eigenvalue weighted by atomic mass is 35.5. The van der Waals surface area contributed by atoms with Gasteiger partial charge < -0.3 is 4.74 Å². The summed E-state index contributed by atoms with van der Waals surface area (Å²) in [5.74, 6) is 0.655. The number of ether oxygens (including phenoxy) is 1. The van der Waals surface area contributed by atoms with Crippen LogP contribution in [-0.2, 0) is 0 Å². The number of halogens is 3. The fraction of sp³-hybridized carbons (Fsp3) is 0.214. The molecule has 1 aromatic carbocycles. The molecule has 0 aliphatic carbocycles. The Morgan fingerprint density at radius 1 is 1.33 bits per heavy atom. The molecule has 0 bridgehead atoms. The van der Waals surface area contributed by atoms with Crippen molar-refractivity contribution in [1.29, 1.82) is 5.26 Å². The summed E-state index contributed by atoms with van der Waals surface area (Å²) in [6, 6.07) is 9.40. The summed E-state index contributed by atoms with van der Waals surface area (Å²) in [6.45, 7) is 2.38. The van der Waals surface area contributed by atoms with Gasteiger partial charge in [-0.3, -0.25) is 3.97 Å². The van der Waals surface area contributed by atoms with E-state index in [0.29, 0.717) is 35.4 Å². The molecule has 2 aromatic rings. The molecule has 2 rings (SSSR count). The zero-order valence-electron chi connectivity index (χ0n) is 11.0. The Hall–Kier alpha value is -1.35. The molecule has 0 aliphatic rings. The lowest BCUT2D eigenvalue weighted by Crippen LogP contribution is -1.99. The van der Waals surface area contributed by atoms with Gasteiger partial charge in [0.1, 0.15) is 11.8 Å². The number of aromatic nitrogens is 1. The third-order valence-corrected chi connectivity index (χ3v) is 3.65. The van der Waals surface area contributed by atoms with Crippen molar-refractivity contribution in [3.05, 3.63) is 42.2 Å². The SMILES string of the molecule is CCOc1ccccc1-c1cn(SC(F)(Cl)Cl)cc1C#N. The predicted molar refractivity (Wildman–Crippen MR) is 84.3 cm³/mol. The van der Waals surface area contributed by atoms with Crippen molar-refractivity contribution in [3.63, 3.8) is 0 Å². The van der Waals surface area contributed by atoms with Crippen molar-refractivity contribution < 1.29 is 9.13 Å². The fourth-order valence-electron chi connectivity index (χ4n) is 1.88. The highest BCUT2D eigenvalue weighted by molar-refractivity contribution is 8.01. The van der Waals surface area contributed by atoms with Crippen LogP contribution in [0.15, 0.2) is 36.7 Å². The third kappa shape index (κ3) is 4.07. The van der Waals surface area contributed by atoms with E-state index in [1.165, 1.54) is 10.2 Å². The van der Waals surface area contributed by atoms with Crippen molar-refractivity contribution in [2.45, 2.75) is 10.8 Å². The summed E-state index contributed by atoms with van der Waals surface area (Å²) in [4.78, 5) is 0. The van der Waals surface area contributed by atoms with Crippen molar-refractivity contribution in [2.24, 2.45) is 0 Å². The van der Waals surface area contributed by atoms with Crippen LogP contribution in [0.25, 0.3) is 11.1 Å². The zero-order valence-corrected chi connectivity index (χ0v) is 13.3. The average molecular weight is 345 g/mol. The van der Waals surface area contributed by atoms with Gasteiger partial charge in [0.15, 0.2) is 0 Å². The summed E-state index contributed by atoms with van der Waals surface area (Å²) in [6.07, 6.45) is 3.07. The molecule has 3 nitrogen and oxygen atoms in total. The number of nitrogens with zero attached hydrogens (tertiary/aromatic N) is 2. The van der Waals surface area contributed by atoms with Gasteiger partial charge in [-0.25, -0.2) is 0 Å². The molecular formula is C14H11Cl2FN2OS. The largest absolute Gasteiger partial charge is 0.493 e. The van der Waals surface area contributed by atoms with E-state index >= 15 is 0 Å². The maximum atomic E-state index is 13.3. The first kappa shape index (κ1) is 16.0. The lowest BCUT2D eigenvalue weighted by molar-refractivity contribution is 0.341. The number of benzene rings is 1. The quantitative estimate of drug-likeness (QED) is 0.717. The number of hydrogen-bond donors (Lipinski definition) is 0. The summed E-state index contributed by atoms with van der Waals surface area (Å²) in [5.41, 5.74) is 1.77. The van der Waals surface area contributed by atoms with Crippen LogP contribution in [0, 0.1) is 11.3 Å². The molecule has 110 valence electrons. The Bertz CT molecular complexity index is 676. The Balaban J connectivity index is 2.47. The van der Waals surface area contributed by atoms with Crippen molar-refractivity contribution >= 4 is 35.1 Å². The molecule has 0 fully saturated rings. The first-order valence-electron chi connectivity index (χ1n) is 6.05. The van der Waals surface area contributed by atoms with Gasteiger partial charge in [-0.1, -0.05) is 41.4 Å². The van der Waals surface area contributed by atoms with Gasteiger partial charge in [0.25, 0.3) is 0 Å². The second kappa shape index (κ2) is 6.61. The molecule has 1 aromatic heterocycles. The van der Waals surface area contributed by atoms with Crippen LogP contribution < -0.4 is 4.74 Å². The van der Waals surface area contributed by atoms with Crippen LogP contribution in [0.4, 0.5) is 4.39 Å². The molecule has 0 spiro atoms. The van der Waals surface area contributed by atoms with E-state index in [9.17, 15) is 9.65 Å². The normalized spacial score (nSPS) is 11.2. The lowest BCUT2D eigenvalue weighted by Gasteiger charge is -2.09. The minimum atomic E-state index is -2.47. The molecule has 0 radical (unpaired) electrons. The second-order valence-electron chi connectivity index (χ2n) is 4.02. The molecule has 0 saturated heterocycles. The first-order chi connectivity index (χ1) is 9.94. The maximum Gasteiger partial charge on any atom is 0.323 e. The van der Waals surface area contributed by atoms with E-state index in [0.717, 1.165) is 5.56 Å². The molecule has 0 aliphatic heterocycles. The van der Waals surface area contributed by atoms with Gasteiger partial charge in [-0.2, -0.15) is 9.65 Å². The third-order valence-electron chi connectivity index (χ3n) is 2.61. The average Bonchev–Trinajstić information content (AvgIpc) is 2.80. The Labute approximate surface area is 136 Å². The number of rotatable bonds is 5. The lowest BCUT2D eigenvalue weighted by atomic mass is 10.0. The predicted octanol–water partition coefficient (Wildman–Crippen LogP) is 4.98. The Morgan fingerprint density at radius 2 is 2.05 bits per heavy atom. The monoisotopic (exact) mass is 344 g/mol. The Kier molecular flexibility index (Phi) is 5.04. The van der Waals surface area contributed by atoms with Gasteiger partial charge in [0.2, 0.25) is 0 Å². The zero-order chi connectivity index (χ0) is 15.5. The van der Waals surface area contributed by atoms with E-state index in [4.69, 9.17) is 27.9 Å². The van der Waals surface area contributed by atoms with Crippen molar-refractivity contribution in [2.75, 3.05) is 6.61 Å². The van der Waals surface area contributed by atoms with Gasteiger partial charge in [-0.15, -0.1) is 0 Å². The second-order valence-corrected chi connectivity index (χ2v) is 6.87. The van der Waals surface area contributed by atoms with Crippen LogP contribution in [0.1, 0.15) is 12.5 Å². The van der Waals surface area contributed by atoms with E-state index in [2.05, 4.69) is 6.07 Å². The molecule has 0 N–H and O–H groups in total. The summed E-state index contributed by atoms with van der Waals surface area (Å²) in [7, 11) is 0. The summed E-state index contributed by atoms with van der Waals surface area (Å²) in [5, 5.41) is 9.24. The molecule has 0 unspecified atom stereocenters. The van der Waals surface area contributed by atoms with Gasteiger partial charge in [0.05, 0.1) is 12.2 Å². The van der Waals surface area contributed by atoms with Crippen molar-refractivity contribution in [3.8, 4) is 22.9 Å². The van der Waals surface area contributed by atoms with E-state index < -0.39 is 3.92 Å². The topological polar surface area (TPSA) is 38.0 Å². The number of alkyl halides is 3. The van der Waals surface area contributed by atoms with E-state index in [-0.39, 0.29) is 0 Å². The minimum absolute atomic E-state index is 0.382. The molecular weight excluding hydrogens is 334 g/mol. The van der Waals surface area contributed by atoms with Crippen LogP contribution in [0.5, 0.6) is 5.75 Å². The summed E-state index contributed by atoms with van der Waals surface area (Å²) < 4.78 is 17.7. The van der Waals surface area contributed by atoms with E-state index in [1.807, 2.05) is 31.2 Å². The molecule has 21 heavy (non-hydrogen) atoms. The molecule has 0 saturated carbocycles. The van der Waals surface area contributed by atoms with Gasteiger partial charge >= 0.3 is 3.92 Å². The number of hydrogen-bond acceptors (Lipinski definition) is 3. The van der Waals surface area contributed by atoms with Crippen LogP contribution in [0.3, 0.4) is 0 Å². The summed E-state index contributed by atoms with van der Waals surface area (Å²) >= 11 is 11.2. The highest BCUT2D eigenvalue weighted by Crippen LogP contribution is 2.40. The standard InChI is InChI=1S/C14H11Cl2FN2OS/c1-2-20-13-6-4-3-5-11(13)12-9-19(8-10(12)7-18)21-14(15,16)17/h3-6,8-9H,2H2,1H3. The maximum absolute atomic E-state index is 13.3. The van der Waals surface area contributed by atoms with Gasteiger partial charge in [0, 0.05) is 35.5 Å². The Morgan fingerprint density at radius 3 is 2.67 bits per heavy atom. The number of nitriles is 1. The van der Waals surface area contributed by atoms with Crippen molar-refractivity contribution in [1.82, 2.24) is 3.97 Å². The molecule has 0 atom stereocenters. The molecule has 7 heteroatoms. The molecule has 0 amide bonds. The number of para-hydroxylation sites is 1. The fourth-order valence-corrected chi connectivity index (χ4v) is 2.91. The van der Waals surface area contributed by atoms with Crippen LogP contribution >= 0.6 is 35.1 Å².